The smallest absolute Gasteiger partial charge is 0.0127 e. The van der Waals surface area contributed by atoms with E-state index in [-0.39, 0.29) is 7.92 Å². The van der Waals surface area contributed by atoms with E-state index in [2.05, 4.69) is 68.5 Å². The van der Waals surface area contributed by atoms with Gasteiger partial charge in [0, 0.05) is 10.8 Å². The van der Waals surface area contributed by atoms with Gasteiger partial charge >= 0.3 is 0 Å². The zero-order valence-electron chi connectivity index (χ0n) is 14.0. The van der Waals surface area contributed by atoms with Crippen molar-refractivity contribution in [2.45, 2.75) is 63.2 Å². The lowest BCUT2D eigenvalue weighted by Crippen LogP contribution is -2.31. The van der Waals surface area contributed by atoms with Crippen LogP contribution in [-0.2, 0) is 0 Å². The highest BCUT2D eigenvalue weighted by Crippen LogP contribution is 2.60. The van der Waals surface area contributed by atoms with E-state index in [4.69, 9.17) is 0 Å². The van der Waals surface area contributed by atoms with E-state index in [0.717, 1.165) is 11.6 Å². The summed E-state index contributed by atoms with van der Waals surface area (Å²) in [6.45, 7) is 4.79. The number of rotatable bonds is 4. The van der Waals surface area contributed by atoms with Crippen LogP contribution in [0.25, 0.3) is 0 Å². The van der Waals surface area contributed by atoms with E-state index in [9.17, 15) is 0 Å². The number of benzene rings is 1. The van der Waals surface area contributed by atoms with Gasteiger partial charge in [0.15, 0.2) is 0 Å². The fourth-order valence-electron chi connectivity index (χ4n) is 4.12. The molecule has 2 unspecified atom stereocenters. The molecule has 4 atom stereocenters. The highest BCUT2D eigenvalue weighted by molar-refractivity contribution is 7.68. The molecular weight excluding hydrogens is 283 g/mol. The van der Waals surface area contributed by atoms with E-state index in [1.165, 1.54) is 38.5 Å². The highest BCUT2D eigenvalue weighted by Gasteiger charge is 2.40. The second-order valence-corrected chi connectivity index (χ2v) is 9.77. The predicted molar refractivity (Wildman–Crippen MR) is 100 cm³/mol. The van der Waals surface area contributed by atoms with Crippen molar-refractivity contribution in [2.24, 2.45) is 5.92 Å². The summed E-state index contributed by atoms with van der Waals surface area (Å²) in [5.41, 5.74) is 0.774. The molecule has 0 aliphatic heterocycles. The standard InChI is InChI=1S/C21H29P/c1-3-21(16-9-10-18(2)15-17-21)22(20-13-7-8-14-20)19-11-5-4-6-12-19/h4-7,11-13,15,17-18,20H,3,8-10,14,16H2,1-2H3/t18?,20-,21+,22?/m0/s1. The van der Waals surface area contributed by atoms with E-state index in [1.54, 1.807) is 5.30 Å². The summed E-state index contributed by atoms with van der Waals surface area (Å²) in [6.07, 6.45) is 18.1. The first kappa shape index (κ1) is 16.0. The SMILES string of the molecule is CC[C@]1(P(c2ccccc2)[C@H]2C=CCC2)C=CC(C)CCC1. The third kappa shape index (κ3) is 3.23. The van der Waals surface area contributed by atoms with Gasteiger partial charge in [-0.1, -0.05) is 82.8 Å². The molecule has 0 radical (unpaired) electrons. The van der Waals surface area contributed by atoms with Gasteiger partial charge in [-0.15, -0.1) is 0 Å². The van der Waals surface area contributed by atoms with Crippen LogP contribution in [0.1, 0.15) is 52.4 Å². The first-order valence-corrected chi connectivity index (χ1v) is 10.4. The van der Waals surface area contributed by atoms with Gasteiger partial charge in [0.05, 0.1) is 0 Å². The summed E-state index contributed by atoms with van der Waals surface area (Å²) in [5.74, 6) is 0.750. The zero-order chi connectivity index (χ0) is 15.4. The van der Waals surface area contributed by atoms with Gasteiger partial charge in [-0.05, 0) is 43.3 Å². The zero-order valence-corrected chi connectivity index (χ0v) is 14.9. The van der Waals surface area contributed by atoms with Crippen molar-refractivity contribution in [3.8, 4) is 0 Å². The van der Waals surface area contributed by atoms with Crippen molar-refractivity contribution in [3.63, 3.8) is 0 Å². The molecule has 22 heavy (non-hydrogen) atoms. The molecule has 1 aromatic carbocycles. The Bertz CT molecular complexity index is 530. The van der Waals surface area contributed by atoms with Crippen molar-refractivity contribution < 1.29 is 0 Å². The number of hydrogen-bond donors (Lipinski definition) is 0. The molecule has 2 aliphatic rings. The Labute approximate surface area is 137 Å². The number of allylic oxidation sites excluding steroid dienone is 4. The lowest BCUT2D eigenvalue weighted by Gasteiger charge is -2.42. The second-order valence-electron chi connectivity index (χ2n) is 6.96. The monoisotopic (exact) mass is 312 g/mol. The van der Waals surface area contributed by atoms with Gasteiger partial charge in [0.25, 0.3) is 0 Å². The summed E-state index contributed by atoms with van der Waals surface area (Å²) in [4.78, 5) is 0. The lowest BCUT2D eigenvalue weighted by molar-refractivity contribution is 0.545. The largest absolute Gasteiger partial charge is 0.0879 e. The predicted octanol–water partition coefficient (Wildman–Crippen LogP) is 6.04. The topological polar surface area (TPSA) is 0 Å². The second kappa shape index (κ2) is 7.14. The van der Waals surface area contributed by atoms with E-state index >= 15 is 0 Å². The van der Waals surface area contributed by atoms with Gasteiger partial charge < -0.3 is 0 Å². The summed E-state index contributed by atoms with van der Waals surface area (Å²) < 4.78 is 0. The Hall–Kier alpha value is -0.870. The Morgan fingerprint density at radius 3 is 2.64 bits per heavy atom. The fraction of sp³-hybridized carbons (Fsp3) is 0.524. The fourth-order valence-corrected chi connectivity index (χ4v) is 7.86. The Morgan fingerprint density at radius 2 is 1.95 bits per heavy atom. The first-order valence-electron chi connectivity index (χ1n) is 8.95. The lowest BCUT2D eigenvalue weighted by atomic mass is 9.99. The van der Waals surface area contributed by atoms with Gasteiger partial charge in [-0.3, -0.25) is 0 Å². The van der Waals surface area contributed by atoms with E-state index in [1.807, 2.05) is 0 Å². The van der Waals surface area contributed by atoms with Crippen molar-refractivity contribution in [2.75, 3.05) is 0 Å². The molecule has 0 nitrogen and oxygen atoms in total. The van der Waals surface area contributed by atoms with Gasteiger partial charge in [0.1, 0.15) is 0 Å². The molecule has 3 rings (SSSR count). The highest BCUT2D eigenvalue weighted by atomic mass is 31.1. The van der Waals surface area contributed by atoms with Crippen LogP contribution >= 0.6 is 7.92 Å². The van der Waals surface area contributed by atoms with Gasteiger partial charge in [-0.2, -0.15) is 0 Å². The Kier molecular flexibility index (Phi) is 5.19. The normalized spacial score (nSPS) is 32.8. The summed E-state index contributed by atoms with van der Waals surface area (Å²) in [6, 6.07) is 11.4. The molecule has 0 bridgehead atoms. The molecule has 1 heteroatoms. The van der Waals surface area contributed by atoms with Crippen molar-refractivity contribution in [1.82, 2.24) is 0 Å². The summed E-state index contributed by atoms with van der Waals surface area (Å²) in [5, 5.41) is 2.01. The average Bonchev–Trinajstić information content (AvgIpc) is 3.00. The maximum atomic E-state index is 2.63. The number of hydrogen-bond acceptors (Lipinski definition) is 0. The molecule has 0 heterocycles. The molecule has 0 saturated carbocycles. The van der Waals surface area contributed by atoms with Crippen molar-refractivity contribution in [1.29, 1.82) is 0 Å². The van der Waals surface area contributed by atoms with Crippen LogP contribution < -0.4 is 5.30 Å². The van der Waals surface area contributed by atoms with Crippen LogP contribution in [-0.4, -0.2) is 10.8 Å². The minimum Gasteiger partial charge on any atom is -0.0879 e. The molecule has 0 aromatic heterocycles. The van der Waals surface area contributed by atoms with Crippen LogP contribution in [0.3, 0.4) is 0 Å². The molecule has 0 spiro atoms. The summed E-state index contributed by atoms with van der Waals surface area (Å²) in [7, 11) is -0.169. The maximum Gasteiger partial charge on any atom is 0.0127 e. The van der Waals surface area contributed by atoms with Crippen molar-refractivity contribution in [3.05, 3.63) is 54.6 Å². The van der Waals surface area contributed by atoms with Crippen molar-refractivity contribution >= 4 is 13.2 Å². The van der Waals surface area contributed by atoms with Gasteiger partial charge in [0.2, 0.25) is 0 Å². The Balaban J connectivity index is 2.02. The third-order valence-electron chi connectivity index (χ3n) is 5.45. The van der Waals surface area contributed by atoms with Crippen LogP contribution in [0.4, 0.5) is 0 Å². The van der Waals surface area contributed by atoms with Crippen LogP contribution in [0, 0.1) is 5.92 Å². The van der Waals surface area contributed by atoms with Gasteiger partial charge in [-0.25, -0.2) is 0 Å². The Morgan fingerprint density at radius 1 is 1.14 bits per heavy atom. The average molecular weight is 312 g/mol. The minimum absolute atomic E-state index is 0.169. The molecule has 0 fully saturated rings. The minimum atomic E-state index is -0.169. The molecular formula is C21H29P. The van der Waals surface area contributed by atoms with Crippen LogP contribution in [0.2, 0.25) is 0 Å². The molecule has 0 amide bonds. The maximum absolute atomic E-state index is 2.63. The van der Waals surface area contributed by atoms with E-state index in [0.29, 0.717) is 5.16 Å². The summed E-state index contributed by atoms with van der Waals surface area (Å²) >= 11 is 0. The molecule has 1 aromatic rings. The van der Waals surface area contributed by atoms with Crippen LogP contribution in [0.15, 0.2) is 54.6 Å². The van der Waals surface area contributed by atoms with E-state index < -0.39 is 0 Å². The molecule has 2 aliphatic carbocycles. The first-order chi connectivity index (χ1) is 10.7. The third-order valence-corrected chi connectivity index (χ3v) is 9.05. The van der Waals surface area contributed by atoms with Crippen LogP contribution in [0.5, 0.6) is 0 Å². The molecule has 118 valence electrons. The quantitative estimate of drug-likeness (QED) is 0.470. The molecule has 0 N–H and O–H groups in total. The molecule has 0 saturated heterocycles.